The molecule has 0 aliphatic carbocycles. The highest BCUT2D eigenvalue weighted by molar-refractivity contribution is 7.18. The Balaban J connectivity index is 1.24. The number of carbonyl (C=O) groups excluding carboxylic acids is 3. The van der Waals surface area contributed by atoms with Gasteiger partial charge in [-0.1, -0.05) is 48.9 Å². The molecule has 1 N–H and O–H groups in total. The molecule has 2 fully saturated rings. The number of thiazole rings is 1. The Hall–Kier alpha value is -3.26. The van der Waals surface area contributed by atoms with E-state index in [0.29, 0.717) is 25.4 Å². The molecule has 0 saturated carbocycles. The summed E-state index contributed by atoms with van der Waals surface area (Å²) < 4.78 is 1.18. The van der Waals surface area contributed by atoms with Crippen LogP contribution in [0.5, 0.6) is 0 Å². The largest absolute Gasteiger partial charge is 0.341 e. The van der Waals surface area contributed by atoms with E-state index < -0.39 is 11.6 Å². The summed E-state index contributed by atoms with van der Waals surface area (Å²) in [6, 6.07) is 15.2. The van der Waals surface area contributed by atoms with Crippen molar-refractivity contribution >= 4 is 39.4 Å². The molecule has 34 heavy (non-hydrogen) atoms. The Morgan fingerprint density at radius 3 is 2.50 bits per heavy atom. The number of fused-ring (bicyclic) bond motifs is 1. The lowest BCUT2D eigenvalue weighted by molar-refractivity contribution is -0.139. The summed E-state index contributed by atoms with van der Waals surface area (Å²) in [4.78, 5) is 46.8. The average Bonchev–Trinajstić information content (AvgIpc) is 3.39. The van der Waals surface area contributed by atoms with Crippen molar-refractivity contribution in [3.8, 4) is 0 Å². The molecule has 1 atom stereocenters. The van der Waals surface area contributed by atoms with Crippen LogP contribution >= 0.6 is 11.3 Å². The first-order valence-corrected chi connectivity index (χ1v) is 12.6. The van der Waals surface area contributed by atoms with E-state index in [-0.39, 0.29) is 18.4 Å². The van der Waals surface area contributed by atoms with E-state index >= 15 is 0 Å². The standard InChI is InChI=1S/C26H28N4O3S/c1-3-26(19-10-8-17(2)9-11-19)24(32)30(25(33)28-26)16-22(31)29-14-12-18(13-15-29)23-27-20-6-4-5-7-21(20)34-23/h4-11,18H,3,12-16H2,1-2H3,(H,28,33)/t26-/m0/s1. The molecule has 2 aromatic carbocycles. The van der Waals surface area contributed by atoms with Gasteiger partial charge in [0.15, 0.2) is 0 Å². The maximum atomic E-state index is 13.4. The minimum absolute atomic E-state index is 0.193. The van der Waals surface area contributed by atoms with E-state index in [9.17, 15) is 14.4 Å². The zero-order valence-corrected chi connectivity index (χ0v) is 20.2. The number of aryl methyl sites for hydroxylation is 1. The van der Waals surface area contributed by atoms with Crippen LogP contribution in [0.2, 0.25) is 0 Å². The van der Waals surface area contributed by atoms with Gasteiger partial charge in [0.05, 0.1) is 15.2 Å². The molecule has 5 rings (SSSR count). The first-order chi connectivity index (χ1) is 16.4. The van der Waals surface area contributed by atoms with Crippen LogP contribution in [0.25, 0.3) is 10.2 Å². The second kappa shape index (κ2) is 8.83. The molecular weight excluding hydrogens is 448 g/mol. The molecule has 3 aromatic rings. The van der Waals surface area contributed by atoms with Gasteiger partial charge in [0.25, 0.3) is 5.91 Å². The van der Waals surface area contributed by atoms with Crippen LogP contribution in [0.15, 0.2) is 48.5 Å². The number of nitrogens with zero attached hydrogens (tertiary/aromatic N) is 3. The lowest BCUT2D eigenvalue weighted by atomic mass is 9.86. The number of carbonyl (C=O) groups is 3. The highest BCUT2D eigenvalue weighted by Gasteiger charge is 2.51. The number of nitrogens with one attached hydrogen (secondary N) is 1. The lowest BCUT2D eigenvalue weighted by Gasteiger charge is -2.32. The SMILES string of the molecule is CC[C@@]1(c2ccc(C)cc2)NC(=O)N(CC(=O)N2CCC(c3nc4ccccc4s3)CC2)C1=O. The Kier molecular flexibility index (Phi) is 5.85. The van der Waals surface area contributed by atoms with E-state index in [1.165, 1.54) is 4.70 Å². The zero-order chi connectivity index (χ0) is 23.9. The van der Waals surface area contributed by atoms with Gasteiger partial charge in [0.1, 0.15) is 12.1 Å². The van der Waals surface area contributed by atoms with Crippen molar-refractivity contribution in [1.82, 2.24) is 20.1 Å². The number of hydrogen-bond donors (Lipinski definition) is 1. The van der Waals surface area contributed by atoms with Crippen molar-refractivity contribution in [3.05, 3.63) is 64.7 Å². The summed E-state index contributed by atoms with van der Waals surface area (Å²) in [5.41, 5.74) is 1.72. The van der Waals surface area contributed by atoms with Gasteiger partial charge in [0.2, 0.25) is 5.91 Å². The molecule has 176 valence electrons. The van der Waals surface area contributed by atoms with Gasteiger partial charge in [-0.15, -0.1) is 11.3 Å². The Labute approximate surface area is 202 Å². The molecule has 7 nitrogen and oxygen atoms in total. The van der Waals surface area contributed by atoms with Crippen molar-refractivity contribution in [3.63, 3.8) is 0 Å². The van der Waals surface area contributed by atoms with Crippen molar-refractivity contribution < 1.29 is 14.4 Å². The maximum absolute atomic E-state index is 13.4. The second-order valence-corrected chi connectivity index (χ2v) is 10.2. The fourth-order valence-corrected chi connectivity index (χ4v) is 6.06. The molecule has 4 amide bonds. The van der Waals surface area contributed by atoms with Crippen molar-refractivity contribution in [2.75, 3.05) is 19.6 Å². The summed E-state index contributed by atoms with van der Waals surface area (Å²) in [7, 11) is 0. The molecule has 0 spiro atoms. The van der Waals surface area contributed by atoms with Crippen LogP contribution in [-0.2, 0) is 15.1 Å². The molecular formula is C26H28N4O3S. The average molecular weight is 477 g/mol. The smallest absolute Gasteiger partial charge is 0.325 e. The van der Waals surface area contributed by atoms with E-state index in [0.717, 1.165) is 39.4 Å². The lowest BCUT2D eigenvalue weighted by Crippen LogP contribution is -2.47. The predicted octanol–water partition coefficient (Wildman–Crippen LogP) is 4.17. The van der Waals surface area contributed by atoms with Gasteiger partial charge >= 0.3 is 6.03 Å². The quantitative estimate of drug-likeness (QED) is 0.561. The van der Waals surface area contributed by atoms with Crippen LogP contribution in [0, 0.1) is 6.92 Å². The number of rotatable bonds is 5. The van der Waals surface area contributed by atoms with Crippen LogP contribution < -0.4 is 5.32 Å². The van der Waals surface area contributed by atoms with E-state index in [1.54, 1.807) is 16.2 Å². The maximum Gasteiger partial charge on any atom is 0.325 e. The number of benzene rings is 2. The van der Waals surface area contributed by atoms with Gasteiger partial charge in [0, 0.05) is 19.0 Å². The second-order valence-electron chi connectivity index (χ2n) is 9.12. The minimum Gasteiger partial charge on any atom is -0.341 e. The molecule has 8 heteroatoms. The van der Waals surface area contributed by atoms with Crippen molar-refractivity contribution in [2.24, 2.45) is 0 Å². The Bertz CT molecular complexity index is 1210. The summed E-state index contributed by atoms with van der Waals surface area (Å²) >= 11 is 1.72. The first-order valence-electron chi connectivity index (χ1n) is 11.8. The van der Waals surface area contributed by atoms with Crippen molar-refractivity contribution in [2.45, 2.75) is 44.6 Å². The van der Waals surface area contributed by atoms with E-state index in [1.807, 2.05) is 56.3 Å². The zero-order valence-electron chi connectivity index (χ0n) is 19.4. The van der Waals surface area contributed by atoms with Crippen molar-refractivity contribution in [1.29, 1.82) is 0 Å². The molecule has 0 bridgehead atoms. The highest BCUT2D eigenvalue weighted by atomic mass is 32.1. The Morgan fingerprint density at radius 1 is 1.12 bits per heavy atom. The topological polar surface area (TPSA) is 82.6 Å². The summed E-state index contributed by atoms with van der Waals surface area (Å²) in [6.07, 6.45) is 2.07. The van der Waals surface area contributed by atoms with Gasteiger partial charge < -0.3 is 10.2 Å². The number of amides is 4. The Morgan fingerprint density at radius 2 is 1.82 bits per heavy atom. The minimum atomic E-state index is -1.12. The molecule has 2 aliphatic rings. The number of aromatic nitrogens is 1. The third-order valence-electron chi connectivity index (χ3n) is 7.05. The number of urea groups is 1. The summed E-state index contributed by atoms with van der Waals surface area (Å²) in [5, 5.41) is 3.98. The fraction of sp³-hybridized carbons (Fsp3) is 0.385. The monoisotopic (exact) mass is 476 g/mol. The number of imide groups is 1. The molecule has 1 aromatic heterocycles. The normalized spacial score (nSPS) is 21.4. The number of hydrogen-bond acceptors (Lipinski definition) is 5. The van der Waals surface area contributed by atoms with Crippen LogP contribution in [0.1, 0.15) is 48.2 Å². The summed E-state index contributed by atoms with van der Waals surface area (Å²) in [5.74, 6) is -0.226. The summed E-state index contributed by atoms with van der Waals surface area (Å²) in [6.45, 7) is 4.81. The molecule has 0 unspecified atom stereocenters. The highest BCUT2D eigenvalue weighted by Crippen LogP contribution is 2.35. The molecule has 0 radical (unpaired) electrons. The number of piperidine rings is 1. The van der Waals surface area contributed by atoms with Gasteiger partial charge in [-0.2, -0.15) is 0 Å². The molecule has 3 heterocycles. The number of likely N-dealkylation sites (tertiary alicyclic amines) is 1. The van der Waals surface area contributed by atoms with Gasteiger partial charge in [-0.25, -0.2) is 9.78 Å². The van der Waals surface area contributed by atoms with Crippen LogP contribution in [0.4, 0.5) is 4.79 Å². The van der Waals surface area contributed by atoms with E-state index in [4.69, 9.17) is 4.98 Å². The van der Waals surface area contributed by atoms with Crippen LogP contribution in [-0.4, -0.2) is 52.3 Å². The van der Waals surface area contributed by atoms with Gasteiger partial charge in [-0.3, -0.25) is 14.5 Å². The first kappa shape index (κ1) is 22.5. The fourth-order valence-electron chi connectivity index (χ4n) is 4.92. The molecule has 2 aliphatic heterocycles. The molecule has 2 saturated heterocycles. The van der Waals surface area contributed by atoms with Gasteiger partial charge in [-0.05, 0) is 43.9 Å². The predicted molar refractivity (Wildman–Crippen MR) is 132 cm³/mol. The number of para-hydroxylation sites is 1. The third-order valence-corrected chi connectivity index (χ3v) is 8.25. The van der Waals surface area contributed by atoms with Crippen LogP contribution in [0.3, 0.4) is 0 Å². The van der Waals surface area contributed by atoms with E-state index in [2.05, 4.69) is 11.4 Å². The third kappa shape index (κ3) is 3.86.